The summed E-state index contributed by atoms with van der Waals surface area (Å²) in [4.78, 5) is 16.0. The number of likely N-dealkylation sites (tertiary alicyclic amines) is 1. The highest BCUT2D eigenvalue weighted by molar-refractivity contribution is 5.78. The van der Waals surface area contributed by atoms with Gasteiger partial charge in [0, 0.05) is 38.4 Å². The number of fused-ring (bicyclic) bond motifs is 1. The van der Waals surface area contributed by atoms with Gasteiger partial charge in [0.2, 0.25) is 5.91 Å². The molecule has 1 aromatic rings. The molecule has 0 spiro atoms. The van der Waals surface area contributed by atoms with E-state index in [-0.39, 0.29) is 12.5 Å². The summed E-state index contributed by atoms with van der Waals surface area (Å²) in [6.07, 6.45) is 3.99. The lowest BCUT2D eigenvalue weighted by Crippen LogP contribution is -2.49. The number of nitrogens with two attached hydrogens (primary N) is 1. The molecule has 1 fully saturated rings. The molecule has 3 rings (SSSR count). The number of aromatic nitrogens is 2. The molecule has 6 heteroatoms. The molecule has 1 aromatic heterocycles. The zero-order valence-electron chi connectivity index (χ0n) is 13.2. The maximum absolute atomic E-state index is 11.6. The van der Waals surface area contributed by atoms with E-state index in [1.807, 2.05) is 24.9 Å². The SMILES string of the molecule is CC.NCC(=O)N1CCC(N2CCn3nccc3C2)CC1. The number of carbonyl (C=O) groups excluding carboxylic acids is 1. The second kappa shape index (κ2) is 7.56. The number of amides is 1. The molecule has 1 saturated heterocycles. The average Bonchev–Trinajstić information content (AvgIpc) is 3.03. The van der Waals surface area contributed by atoms with E-state index >= 15 is 0 Å². The minimum atomic E-state index is 0.0789. The molecule has 6 nitrogen and oxygen atoms in total. The van der Waals surface area contributed by atoms with Crippen molar-refractivity contribution in [1.29, 1.82) is 0 Å². The van der Waals surface area contributed by atoms with Gasteiger partial charge >= 0.3 is 0 Å². The van der Waals surface area contributed by atoms with Crippen molar-refractivity contribution in [2.45, 2.75) is 45.8 Å². The highest BCUT2D eigenvalue weighted by Crippen LogP contribution is 2.21. The predicted octanol–water partition coefficient (Wildman–Crippen LogP) is 0.675. The highest BCUT2D eigenvalue weighted by Gasteiger charge is 2.28. The summed E-state index contributed by atoms with van der Waals surface area (Å²) in [5, 5.41) is 4.31. The summed E-state index contributed by atoms with van der Waals surface area (Å²) in [6, 6.07) is 2.68. The minimum absolute atomic E-state index is 0.0789. The number of hydrogen-bond donors (Lipinski definition) is 1. The predicted molar refractivity (Wildman–Crippen MR) is 82.6 cm³/mol. The Kier molecular flexibility index (Phi) is 5.76. The van der Waals surface area contributed by atoms with Crippen LogP contribution < -0.4 is 5.73 Å². The highest BCUT2D eigenvalue weighted by atomic mass is 16.2. The van der Waals surface area contributed by atoms with Crippen molar-refractivity contribution in [3.8, 4) is 0 Å². The van der Waals surface area contributed by atoms with E-state index in [4.69, 9.17) is 5.73 Å². The molecule has 1 amide bonds. The van der Waals surface area contributed by atoms with Crippen LogP contribution in [0.2, 0.25) is 0 Å². The Bertz CT molecular complexity index is 451. The molecule has 0 aliphatic carbocycles. The summed E-state index contributed by atoms with van der Waals surface area (Å²) in [5.74, 6) is 0.0789. The zero-order valence-corrected chi connectivity index (χ0v) is 13.2. The molecular formula is C15H27N5O. The lowest BCUT2D eigenvalue weighted by Gasteiger charge is -2.40. The van der Waals surface area contributed by atoms with Crippen molar-refractivity contribution in [2.75, 3.05) is 26.2 Å². The Morgan fingerprint density at radius 3 is 2.67 bits per heavy atom. The molecule has 2 N–H and O–H groups in total. The van der Waals surface area contributed by atoms with Crippen LogP contribution in [0.25, 0.3) is 0 Å². The van der Waals surface area contributed by atoms with Gasteiger partial charge in [-0.25, -0.2) is 0 Å². The second-order valence-electron chi connectivity index (χ2n) is 5.33. The third-order valence-corrected chi connectivity index (χ3v) is 4.28. The normalized spacial score (nSPS) is 19.7. The molecule has 0 atom stereocenters. The van der Waals surface area contributed by atoms with Crippen molar-refractivity contribution in [3.05, 3.63) is 18.0 Å². The molecular weight excluding hydrogens is 266 g/mol. The molecule has 118 valence electrons. The van der Waals surface area contributed by atoms with Gasteiger partial charge in [0.25, 0.3) is 0 Å². The first-order chi connectivity index (χ1) is 10.3. The van der Waals surface area contributed by atoms with Crippen molar-refractivity contribution < 1.29 is 4.79 Å². The molecule has 0 saturated carbocycles. The van der Waals surface area contributed by atoms with E-state index in [2.05, 4.69) is 20.7 Å². The van der Waals surface area contributed by atoms with Gasteiger partial charge < -0.3 is 10.6 Å². The molecule has 2 aliphatic rings. The number of nitrogens with zero attached hydrogens (tertiary/aromatic N) is 4. The third kappa shape index (κ3) is 3.63. The summed E-state index contributed by atoms with van der Waals surface area (Å²) in [5.41, 5.74) is 6.71. The fourth-order valence-electron chi connectivity index (χ4n) is 3.13. The molecule has 0 unspecified atom stereocenters. The molecule has 3 heterocycles. The molecule has 0 radical (unpaired) electrons. The Hall–Kier alpha value is -1.40. The number of hydrogen-bond acceptors (Lipinski definition) is 4. The molecule has 2 aliphatic heterocycles. The Balaban J connectivity index is 0.000000774. The maximum Gasteiger partial charge on any atom is 0.236 e. The van der Waals surface area contributed by atoms with Crippen LogP contribution in [0.3, 0.4) is 0 Å². The van der Waals surface area contributed by atoms with Crippen molar-refractivity contribution in [2.24, 2.45) is 5.73 Å². The Morgan fingerprint density at radius 1 is 1.29 bits per heavy atom. The number of piperidine rings is 1. The summed E-state index contributed by atoms with van der Waals surface area (Å²) >= 11 is 0. The van der Waals surface area contributed by atoms with Gasteiger partial charge in [0.15, 0.2) is 0 Å². The van der Waals surface area contributed by atoms with E-state index in [1.54, 1.807) is 0 Å². The van der Waals surface area contributed by atoms with Gasteiger partial charge in [0.05, 0.1) is 18.8 Å². The number of carbonyl (C=O) groups is 1. The van der Waals surface area contributed by atoms with Crippen LogP contribution >= 0.6 is 0 Å². The van der Waals surface area contributed by atoms with E-state index in [0.29, 0.717) is 6.04 Å². The second-order valence-corrected chi connectivity index (χ2v) is 5.33. The first-order valence-electron chi connectivity index (χ1n) is 8.00. The van der Waals surface area contributed by atoms with Crippen LogP contribution in [-0.4, -0.2) is 57.7 Å². The maximum atomic E-state index is 11.6. The van der Waals surface area contributed by atoms with Crippen LogP contribution in [-0.2, 0) is 17.9 Å². The fourth-order valence-corrected chi connectivity index (χ4v) is 3.13. The zero-order chi connectivity index (χ0) is 15.2. The monoisotopic (exact) mass is 293 g/mol. The third-order valence-electron chi connectivity index (χ3n) is 4.28. The van der Waals surface area contributed by atoms with Gasteiger partial charge in [-0.3, -0.25) is 14.4 Å². The standard InChI is InChI=1S/C13H21N5O.C2H6/c14-9-13(19)16-5-2-11(3-6-16)17-7-8-18-12(10-17)1-4-15-18;1-2/h1,4,11H,2-3,5-10,14H2;1-2H3. The van der Waals surface area contributed by atoms with Crippen molar-refractivity contribution in [1.82, 2.24) is 19.6 Å². The summed E-state index contributed by atoms with van der Waals surface area (Å²) in [7, 11) is 0. The van der Waals surface area contributed by atoms with Gasteiger partial charge in [0.1, 0.15) is 0 Å². The largest absolute Gasteiger partial charge is 0.341 e. The first kappa shape index (κ1) is 16.0. The lowest BCUT2D eigenvalue weighted by molar-refractivity contribution is -0.131. The van der Waals surface area contributed by atoms with Crippen LogP contribution in [0.15, 0.2) is 12.3 Å². The van der Waals surface area contributed by atoms with Crippen molar-refractivity contribution >= 4 is 5.91 Å². The van der Waals surface area contributed by atoms with Gasteiger partial charge in [-0.05, 0) is 18.9 Å². The van der Waals surface area contributed by atoms with Crippen LogP contribution in [0, 0.1) is 0 Å². The number of rotatable bonds is 2. The van der Waals surface area contributed by atoms with E-state index < -0.39 is 0 Å². The topological polar surface area (TPSA) is 67.4 Å². The Labute approximate surface area is 126 Å². The first-order valence-corrected chi connectivity index (χ1v) is 8.00. The fraction of sp³-hybridized carbons (Fsp3) is 0.733. The lowest BCUT2D eigenvalue weighted by atomic mass is 10.0. The molecule has 0 bridgehead atoms. The Morgan fingerprint density at radius 2 is 2.00 bits per heavy atom. The van der Waals surface area contributed by atoms with Gasteiger partial charge in [-0.2, -0.15) is 5.10 Å². The smallest absolute Gasteiger partial charge is 0.236 e. The summed E-state index contributed by atoms with van der Waals surface area (Å²) < 4.78 is 2.09. The van der Waals surface area contributed by atoms with Gasteiger partial charge in [-0.15, -0.1) is 0 Å². The summed E-state index contributed by atoms with van der Waals surface area (Å²) in [6.45, 7) is 8.84. The minimum Gasteiger partial charge on any atom is -0.341 e. The van der Waals surface area contributed by atoms with Gasteiger partial charge in [-0.1, -0.05) is 13.8 Å². The van der Waals surface area contributed by atoms with Crippen LogP contribution in [0.5, 0.6) is 0 Å². The van der Waals surface area contributed by atoms with Crippen molar-refractivity contribution in [3.63, 3.8) is 0 Å². The molecule has 21 heavy (non-hydrogen) atoms. The average molecular weight is 293 g/mol. The van der Waals surface area contributed by atoms with E-state index in [0.717, 1.165) is 45.6 Å². The van der Waals surface area contributed by atoms with Crippen LogP contribution in [0.1, 0.15) is 32.4 Å². The molecule has 0 aromatic carbocycles. The van der Waals surface area contributed by atoms with Crippen LogP contribution in [0.4, 0.5) is 0 Å². The van der Waals surface area contributed by atoms with E-state index in [1.165, 1.54) is 5.69 Å². The van der Waals surface area contributed by atoms with E-state index in [9.17, 15) is 4.79 Å². The quantitative estimate of drug-likeness (QED) is 0.870.